The highest BCUT2D eigenvalue weighted by Gasteiger charge is 2.19. The Morgan fingerprint density at radius 1 is 1.38 bits per heavy atom. The van der Waals surface area contributed by atoms with Crippen LogP contribution in [-0.2, 0) is 4.74 Å². The third kappa shape index (κ3) is 6.48. The number of nitrogens with zero attached hydrogens (tertiary/aromatic N) is 2. The first kappa shape index (κ1) is 22.2. The number of phenolic OH excluding ortho intramolecular Hbond substituents is 1. The number of methoxy groups -OCH3 is 1. The van der Waals surface area contributed by atoms with Gasteiger partial charge in [-0.05, 0) is 45.4 Å². The van der Waals surface area contributed by atoms with Gasteiger partial charge < -0.3 is 25.2 Å². The van der Waals surface area contributed by atoms with Gasteiger partial charge >= 0.3 is 6.09 Å². The molecule has 0 spiro atoms. The van der Waals surface area contributed by atoms with E-state index in [1.54, 1.807) is 26.8 Å². The van der Waals surface area contributed by atoms with Crippen molar-refractivity contribution in [2.24, 2.45) is 0 Å². The van der Waals surface area contributed by atoms with Crippen molar-refractivity contribution >= 4 is 11.9 Å². The maximum Gasteiger partial charge on any atom is 0.407 e. The summed E-state index contributed by atoms with van der Waals surface area (Å²) in [5.41, 5.74) is -0.182. The van der Waals surface area contributed by atoms with E-state index in [0.29, 0.717) is 17.7 Å². The zero-order valence-electron chi connectivity index (χ0n) is 17.2. The Morgan fingerprint density at radius 3 is 2.72 bits per heavy atom. The molecule has 1 amide bonds. The number of hydrogen-bond acceptors (Lipinski definition) is 7. The summed E-state index contributed by atoms with van der Waals surface area (Å²) < 4.78 is 24.7. The average Bonchev–Trinajstić information content (AvgIpc) is 2.64. The molecule has 1 aromatic carbocycles. The third-order valence-corrected chi connectivity index (χ3v) is 3.90. The van der Waals surface area contributed by atoms with Crippen LogP contribution in [0.5, 0.6) is 11.5 Å². The fourth-order valence-electron chi connectivity index (χ4n) is 2.48. The number of carbonyl (C=O) groups excluding carboxylic acids is 1. The number of ether oxygens (including phenoxy) is 2. The monoisotopic (exact) mass is 408 g/mol. The van der Waals surface area contributed by atoms with E-state index in [1.165, 1.54) is 19.2 Å². The summed E-state index contributed by atoms with van der Waals surface area (Å²) in [7, 11) is 1.48. The van der Waals surface area contributed by atoms with Crippen LogP contribution in [0, 0.1) is 5.82 Å². The molecular formula is C20H29FN4O4. The number of phenols is 1. The van der Waals surface area contributed by atoms with Crippen LogP contribution in [-0.4, -0.2) is 46.5 Å². The zero-order chi connectivity index (χ0) is 21.6. The Kier molecular flexibility index (Phi) is 7.19. The van der Waals surface area contributed by atoms with Crippen molar-refractivity contribution in [3.05, 3.63) is 30.2 Å². The minimum Gasteiger partial charge on any atom is -0.508 e. The number of nitrogens with one attached hydrogen (secondary N) is 2. The second-order valence-corrected chi connectivity index (χ2v) is 7.41. The van der Waals surface area contributed by atoms with Crippen LogP contribution in [0.4, 0.5) is 15.0 Å². The molecule has 0 aliphatic heterocycles. The number of carbonyl (C=O) groups is 1. The second kappa shape index (κ2) is 9.40. The Balaban J connectivity index is 0.00000450. The van der Waals surface area contributed by atoms with Crippen molar-refractivity contribution in [1.82, 2.24) is 15.3 Å². The smallest absolute Gasteiger partial charge is 0.407 e. The fraction of sp³-hybridized carbons (Fsp3) is 0.450. The van der Waals surface area contributed by atoms with Gasteiger partial charge in [-0.15, -0.1) is 0 Å². The quantitative estimate of drug-likeness (QED) is 0.637. The molecule has 0 radical (unpaired) electrons. The van der Waals surface area contributed by atoms with E-state index in [1.807, 2.05) is 6.92 Å². The minimum atomic E-state index is -0.639. The van der Waals surface area contributed by atoms with Crippen molar-refractivity contribution in [1.29, 1.82) is 0 Å². The Morgan fingerprint density at radius 2 is 2.10 bits per heavy atom. The lowest BCUT2D eigenvalue weighted by Gasteiger charge is -2.23. The van der Waals surface area contributed by atoms with Gasteiger partial charge in [0.05, 0.1) is 18.9 Å². The average molecular weight is 408 g/mol. The number of anilines is 1. The van der Waals surface area contributed by atoms with Gasteiger partial charge in [0.25, 0.3) is 0 Å². The summed E-state index contributed by atoms with van der Waals surface area (Å²) in [6, 6.07) is 4.19. The molecule has 0 saturated carbocycles. The summed E-state index contributed by atoms with van der Waals surface area (Å²) in [5.74, 6) is -0.0196. The predicted molar refractivity (Wildman–Crippen MR) is 110 cm³/mol. The van der Waals surface area contributed by atoms with Gasteiger partial charge in [-0.1, -0.05) is 6.92 Å². The van der Waals surface area contributed by atoms with Crippen LogP contribution < -0.4 is 15.4 Å². The molecule has 29 heavy (non-hydrogen) atoms. The second-order valence-electron chi connectivity index (χ2n) is 7.41. The topological polar surface area (TPSA) is 106 Å². The molecule has 3 N–H and O–H groups in total. The van der Waals surface area contributed by atoms with Crippen molar-refractivity contribution in [2.75, 3.05) is 19.0 Å². The number of halogens is 1. The van der Waals surface area contributed by atoms with Gasteiger partial charge in [-0.25, -0.2) is 19.2 Å². The molecule has 0 fully saturated rings. The molecule has 1 atom stereocenters. The van der Waals surface area contributed by atoms with E-state index in [2.05, 4.69) is 20.6 Å². The van der Waals surface area contributed by atoms with E-state index < -0.39 is 17.5 Å². The van der Waals surface area contributed by atoms with Crippen LogP contribution in [0.3, 0.4) is 0 Å². The predicted octanol–water partition coefficient (Wildman–Crippen LogP) is 3.96. The number of hydrogen-bond donors (Lipinski definition) is 3. The van der Waals surface area contributed by atoms with Gasteiger partial charge in [0.1, 0.15) is 17.1 Å². The standard InChI is InChI=1S/C20H27FN4O4.H2/c1-6-12(24-19(27)29-20(2,3)4)10-22-18-15(21)11-23-17(25-18)14-9-13(26)7-8-16(14)28-5;/h7-9,11-12,26H,6,10H2,1-5H3,(H,24,27)(H,22,23,25);1H/t12-;/m1./s1. The molecule has 0 aliphatic carbocycles. The molecule has 1 aromatic heterocycles. The Hall–Kier alpha value is -3.10. The molecule has 0 saturated heterocycles. The molecule has 8 nitrogen and oxygen atoms in total. The fourth-order valence-corrected chi connectivity index (χ4v) is 2.48. The number of amides is 1. The van der Waals surface area contributed by atoms with E-state index in [9.17, 15) is 14.3 Å². The summed E-state index contributed by atoms with van der Waals surface area (Å²) in [6.07, 6.45) is 1.10. The molecule has 2 aromatic rings. The number of alkyl carbamates (subject to hydrolysis) is 1. The van der Waals surface area contributed by atoms with E-state index in [4.69, 9.17) is 9.47 Å². The van der Waals surface area contributed by atoms with Crippen LogP contribution in [0.2, 0.25) is 0 Å². The molecule has 1 heterocycles. The van der Waals surface area contributed by atoms with Gasteiger partial charge in [0.15, 0.2) is 17.5 Å². The van der Waals surface area contributed by atoms with Gasteiger partial charge in [0.2, 0.25) is 0 Å². The summed E-state index contributed by atoms with van der Waals surface area (Å²) >= 11 is 0. The molecule has 160 valence electrons. The summed E-state index contributed by atoms with van der Waals surface area (Å²) in [5, 5.41) is 15.4. The first-order valence-electron chi connectivity index (χ1n) is 9.26. The highest BCUT2D eigenvalue weighted by molar-refractivity contribution is 5.68. The van der Waals surface area contributed by atoms with E-state index in [0.717, 1.165) is 6.20 Å². The lowest BCUT2D eigenvalue weighted by Crippen LogP contribution is -2.42. The van der Waals surface area contributed by atoms with Gasteiger partial charge in [-0.2, -0.15) is 0 Å². The number of aromatic nitrogens is 2. The SMILES string of the molecule is CC[C@H](CNc1nc(-c2cc(O)ccc2OC)ncc1F)NC(=O)OC(C)(C)C.[HH]. The van der Waals surface area contributed by atoms with Crippen LogP contribution in [0.1, 0.15) is 35.5 Å². The maximum atomic E-state index is 14.2. The van der Waals surface area contributed by atoms with Crippen LogP contribution in [0.15, 0.2) is 24.4 Å². The molecule has 9 heteroatoms. The maximum absolute atomic E-state index is 14.2. The molecular weight excluding hydrogens is 379 g/mol. The van der Waals surface area contributed by atoms with Crippen molar-refractivity contribution in [2.45, 2.75) is 45.8 Å². The molecule has 0 bridgehead atoms. The first-order valence-corrected chi connectivity index (χ1v) is 9.26. The lowest BCUT2D eigenvalue weighted by atomic mass is 10.1. The summed E-state index contributed by atoms with van der Waals surface area (Å²) in [6.45, 7) is 7.46. The first-order chi connectivity index (χ1) is 13.6. The highest BCUT2D eigenvalue weighted by Crippen LogP contribution is 2.31. The van der Waals surface area contributed by atoms with Gasteiger partial charge in [-0.3, -0.25) is 0 Å². The normalized spacial score (nSPS) is 12.2. The van der Waals surface area contributed by atoms with Crippen LogP contribution in [0.25, 0.3) is 11.4 Å². The lowest BCUT2D eigenvalue weighted by molar-refractivity contribution is 0.0506. The molecule has 0 aliphatic rings. The van der Waals surface area contributed by atoms with E-state index in [-0.39, 0.29) is 31.4 Å². The van der Waals surface area contributed by atoms with Crippen LogP contribution >= 0.6 is 0 Å². The van der Waals surface area contributed by atoms with E-state index >= 15 is 0 Å². The molecule has 0 unspecified atom stereocenters. The van der Waals surface area contributed by atoms with Crippen molar-refractivity contribution in [3.63, 3.8) is 0 Å². The Bertz CT molecular complexity index is 861. The van der Waals surface area contributed by atoms with Gasteiger partial charge in [0, 0.05) is 14.0 Å². The summed E-state index contributed by atoms with van der Waals surface area (Å²) in [4.78, 5) is 20.1. The minimum absolute atomic E-state index is 0. The number of rotatable bonds is 7. The third-order valence-electron chi connectivity index (χ3n) is 3.90. The van der Waals surface area contributed by atoms with Crippen molar-refractivity contribution in [3.8, 4) is 22.9 Å². The Labute approximate surface area is 171 Å². The van der Waals surface area contributed by atoms with Crippen molar-refractivity contribution < 1.29 is 25.2 Å². The largest absolute Gasteiger partial charge is 0.508 e. The molecule has 2 rings (SSSR count). The zero-order valence-corrected chi connectivity index (χ0v) is 17.2. The number of aromatic hydroxyl groups is 1. The highest BCUT2D eigenvalue weighted by atomic mass is 19.1. The number of benzene rings is 1.